The Morgan fingerprint density at radius 2 is 1.92 bits per heavy atom. The molecule has 1 aliphatic rings. The van der Waals surface area contributed by atoms with Crippen LogP contribution in [-0.4, -0.2) is 52.9 Å². The molecule has 0 N–H and O–H groups in total. The van der Waals surface area contributed by atoms with Crippen LogP contribution in [0.25, 0.3) is 0 Å². The van der Waals surface area contributed by atoms with Gasteiger partial charge < -0.3 is 18.9 Å². The smallest absolute Gasteiger partial charge is 0.254 e. The average molecular weight is 344 g/mol. The highest BCUT2D eigenvalue weighted by Crippen LogP contribution is 2.31. The third kappa shape index (κ3) is 3.31. The Hall–Kier alpha value is -2.57. The van der Waals surface area contributed by atoms with Crippen molar-refractivity contribution in [2.45, 2.75) is 25.7 Å². The summed E-state index contributed by atoms with van der Waals surface area (Å²) >= 11 is 0. The molecule has 1 aromatic heterocycles. The van der Waals surface area contributed by atoms with Gasteiger partial charge in [-0.25, -0.2) is 0 Å². The topological polar surface area (TPSA) is 69.5 Å². The van der Waals surface area contributed by atoms with Crippen molar-refractivity contribution >= 4 is 5.91 Å². The number of hydrogen-bond acceptors (Lipinski definition) is 5. The molecule has 1 amide bonds. The van der Waals surface area contributed by atoms with Crippen molar-refractivity contribution in [3.8, 4) is 11.5 Å². The number of carbonyl (C=O) groups excluding carboxylic acids is 1. The lowest BCUT2D eigenvalue weighted by molar-refractivity contribution is 0.0702. The predicted molar refractivity (Wildman–Crippen MR) is 93.2 cm³/mol. The molecule has 0 spiro atoms. The van der Waals surface area contributed by atoms with E-state index < -0.39 is 0 Å². The molecule has 0 radical (unpaired) electrons. The molecule has 7 nitrogen and oxygen atoms in total. The van der Waals surface area contributed by atoms with Crippen LogP contribution < -0.4 is 9.47 Å². The van der Waals surface area contributed by atoms with Gasteiger partial charge in [0, 0.05) is 37.2 Å². The minimum atomic E-state index is -0.0107. The average Bonchev–Trinajstić information content (AvgIpc) is 3.07. The van der Waals surface area contributed by atoms with E-state index in [1.54, 1.807) is 32.7 Å². The van der Waals surface area contributed by atoms with E-state index in [4.69, 9.17) is 9.47 Å². The van der Waals surface area contributed by atoms with E-state index in [1.165, 1.54) is 0 Å². The fourth-order valence-corrected chi connectivity index (χ4v) is 3.43. The zero-order chi connectivity index (χ0) is 18.0. The highest BCUT2D eigenvalue weighted by Gasteiger charge is 2.28. The highest BCUT2D eigenvalue weighted by atomic mass is 16.5. The fourth-order valence-electron chi connectivity index (χ4n) is 3.43. The van der Waals surface area contributed by atoms with Crippen molar-refractivity contribution in [2.24, 2.45) is 7.05 Å². The van der Waals surface area contributed by atoms with Gasteiger partial charge in [-0.3, -0.25) is 4.79 Å². The lowest BCUT2D eigenvalue weighted by atomic mass is 9.96. The van der Waals surface area contributed by atoms with Crippen molar-refractivity contribution in [1.29, 1.82) is 0 Å². The van der Waals surface area contributed by atoms with Crippen molar-refractivity contribution in [3.63, 3.8) is 0 Å². The number of hydrogen-bond donors (Lipinski definition) is 0. The van der Waals surface area contributed by atoms with Gasteiger partial charge in [-0.05, 0) is 31.9 Å². The van der Waals surface area contributed by atoms with Gasteiger partial charge in [-0.15, -0.1) is 10.2 Å². The van der Waals surface area contributed by atoms with E-state index in [9.17, 15) is 4.79 Å². The second-order valence-corrected chi connectivity index (χ2v) is 6.40. The van der Waals surface area contributed by atoms with E-state index in [0.29, 0.717) is 23.6 Å². The van der Waals surface area contributed by atoms with Crippen molar-refractivity contribution < 1.29 is 14.3 Å². The van der Waals surface area contributed by atoms with Gasteiger partial charge in [0.25, 0.3) is 5.91 Å². The summed E-state index contributed by atoms with van der Waals surface area (Å²) in [5.41, 5.74) is 1.47. The lowest BCUT2D eigenvalue weighted by Gasteiger charge is -2.32. The summed E-state index contributed by atoms with van der Waals surface area (Å²) in [6.07, 6.45) is 3.66. The number of benzene rings is 1. The first-order chi connectivity index (χ1) is 12.0. The number of nitrogens with zero attached hydrogens (tertiary/aromatic N) is 4. The second-order valence-electron chi connectivity index (χ2n) is 6.40. The molecule has 3 rings (SSSR count). The Balaban J connectivity index is 1.84. The molecule has 1 aromatic carbocycles. The zero-order valence-electron chi connectivity index (χ0n) is 15.2. The monoisotopic (exact) mass is 344 g/mol. The third-order valence-corrected chi connectivity index (χ3v) is 4.82. The minimum absolute atomic E-state index is 0.0107. The molecule has 7 heteroatoms. The molecule has 25 heavy (non-hydrogen) atoms. The predicted octanol–water partition coefficient (Wildman–Crippen LogP) is 2.16. The summed E-state index contributed by atoms with van der Waals surface area (Å²) < 4.78 is 12.7. The summed E-state index contributed by atoms with van der Waals surface area (Å²) in [7, 11) is 5.13. The molecule has 0 aliphatic carbocycles. The number of rotatable bonds is 4. The fraction of sp³-hybridized carbons (Fsp3) is 0.500. The van der Waals surface area contributed by atoms with Gasteiger partial charge in [-0.2, -0.15) is 0 Å². The van der Waals surface area contributed by atoms with Crippen LogP contribution in [0.2, 0.25) is 0 Å². The molecule has 1 saturated heterocycles. The summed E-state index contributed by atoms with van der Waals surface area (Å²) in [5, 5.41) is 8.16. The van der Waals surface area contributed by atoms with E-state index in [2.05, 4.69) is 10.2 Å². The molecule has 0 bridgehead atoms. The van der Waals surface area contributed by atoms with Gasteiger partial charge in [0.05, 0.1) is 14.2 Å². The number of ether oxygens (including phenoxy) is 2. The van der Waals surface area contributed by atoms with Crippen molar-refractivity contribution in [1.82, 2.24) is 19.7 Å². The first-order valence-electron chi connectivity index (χ1n) is 8.41. The van der Waals surface area contributed by atoms with Gasteiger partial charge in [-0.1, -0.05) is 0 Å². The van der Waals surface area contributed by atoms with Gasteiger partial charge in [0.15, 0.2) is 0 Å². The van der Waals surface area contributed by atoms with Crippen LogP contribution in [0, 0.1) is 6.92 Å². The lowest BCUT2D eigenvalue weighted by Crippen LogP contribution is -2.39. The number of aromatic nitrogens is 3. The van der Waals surface area contributed by atoms with Crippen LogP contribution in [0.4, 0.5) is 0 Å². The Bertz CT molecular complexity index is 746. The van der Waals surface area contributed by atoms with E-state index in [1.807, 2.05) is 23.4 Å². The maximum Gasteiger partial charge on any atom is 0.254 e. The summed E-state index contributed by atoms with van der Waals surface area (Å²) in [6, 6.07) is 3.57. The Morgan fingerprint density at radius 3 is 2.48 bits per heavy atom. The first kappa shape index (κ1) is 17.3. The van der Waals surface area contributed by atoms with Crippen LogP contribution in [0.3, 0.4) is 0 Å². The molecule has 0 unspecified atom stereocenters. The molecule has 2 heterocycles. The highest BCUT2D eigenvalue weighted by molar-refractivity contribution is 5.95. The quantitative estimate of drug-likeness (QED) is 0.850. The zero-order valence-corrected chi connectivity index (χ0v) is 15.2. The molecule has 1 fully saturated rings. The molecule has 134 valence electrons. The van der Waals surface area contributed by atoms with E-state index in [-0.39, 0.29) is 11.8 Å². The van der Waals surface area contributed by atoms with Crippen LogP contribution >= 0.6 is 0 Å². The second kappa shape index (κ2) is 7.13. The molecular formula is C18H24N4O3. The first-order valence-corrected chi connectivity index (χ1v) is 8.41. The normalized spacial score (nSPS) is 17.4. The molecule has 0 saturated carbocycles. The number of likely N-dealkylation sites (tertiary alicyclic amines) is 1. The van der Waals surface area contributed by atoms with E-state index in [0.717, 1.165) is 30.8 Å². The van der Waals surface area contributed by atoms with Gasteiger partial charge in [0.2, 0.25) is 0 Å². The molecular weight excluding hydrogens is 320 g/mol. The van der Waals surface area contributed by atoms with Crippen molar-refractivity contribution in [2.75, 3.05) is 27.3 Å². The largest absolute Gasteiger partial charge is 0.496 e. The SMILES string of the molecule is COc1cc(C(=O)N2CCC[C@@H](c3nncn3C)C2)cc(OC)c1C. The van der Waals surface area contributed by atoms with Crippen LogP contribution in [-0.2, 0) is 7.05 Å². The summed E-state index contributed by atoms with van der Waals surface area (Å²) in [5.74, 6) is 2.44. The number of carbonyl (C=O) groups is 1. The number of piperidine rings is 1. The maximum absolute atomic E-state index is 13.0. The van der Waals surface area contributed by atoms with Crippen LogP contribution in [0.1, 0.15) is 40.5 Å². The Morgan fingerprint density at radius 1 is 1.24 bits per heavy atom. The van der Waals surface area contributed by atoms with Crippen LogP contribution in [0.15, 0.2) is 18.5 Å². The van der Waals surface area contributed by atoms with Crippen LogP contribution in [0.5, 0.6) is 11.5 Å². The molecule has 1 atom stereocenters. The number of amides is 1. The number of aryl methyl sites for hydroxylation is 1. The minimum Gasteiger partial charge on any atom is -0.496 e. The van der Waals surface area contributed by atoms with Gasteiger partial charge in [0.1, 0.15) is 23.7 Å². The molecule has 1 aliphatic heterocycles. The van der Waals surface area contributed by atoms with Crippen molar-refractivity contribution in [3.05, 3.63) is 35.4 Å². The maximum atomic E-state index is 13.0. The van der Waals surface area contributed by atoms with Gasteiger partial charge >= 0.3 is 0 Å². The number of methoxy groups -OCH3 is 2. The molecule has 2 aromatic rings. The third-order valence-electron chi connectivity index (χ3n) is 4.82. The standard InChI is InChI=1S/C18H24N4O3/c1-12-15(24-3)8-14(9-16(12)25-4)18(23)22-7-5-6-13(10-22)17-20-19-11-21(17)2/h8-9,11,13H,5-7,10H2,1-4H3/t13-/m1/s1. The summed E-state index contributed by atoms with van der Waals surface area (Å²) in [4.78, 5) is 14.9. The van der Waals surface area contributed by atoms with E-state index >= 15 is 0 Å². The summed E-state index contributed by atoms with van der Waals surface area (Å²) in [6.45, 7) is 3.30. The Labute approximate surface area is 147 Å². The Kier molecular flexibility index (Phi) is 4.92.